The number of para-hydroxylation sites is 4. The van der Waals surface area contributed by atoms with E-state index in [0.29, 0.717) is 11.4 Å². The molecule has 286 valence electrons. The Morgan fingerprint density at radius 3 is 1.17 bits per heavy atom. The van der Waals surface area contributed by atoms with Crippen LogP contribution >= 0.6 is 0 Å². The highest BCUT2D eigenvalue weighted by atomic mass is 19.4. The number of hydrogen-bond donors (Lipinski definition) is 0. The molecule has 0 unspecified atom stereocenters. The lowest BCUT2D eigenvalue weighted by Crippen LogP contribution is -2.73. The molecule has 2 aromatic heterocycles. The Morgan fingerprint density at radius 2 is 0.763 bits per heavy atom. The number of alkyl halides is 6. The van der Waals surface area contributed by atoms with Crippen LogP contribution in [0.5, 0.6) is 0 Å². The Hall–Kier alpha value is -7.20. The second-order valence-electron chi connectivity index (χ2n) is 14.9. The van der Waals surface area contributed by atoms with Crippen LogP contribution in [-0.2, 0) is 18.0 Å². The maximum absolute atomic E-state index is 13.8. The second kappa shape index (κ2) is 12.4. The standard InChI is InChI=1S/C49H30F6N4/c50-48(51,52)33-19-23-35(24-20-33)56-29-58(43-15-7-5-13-41(43)56)47(59-30-57(42-14-6-8-16-44(42)59)36-25-21-34(22-26-36)49(53,54)55)39-27-17-31-9-1-3-11-37(31)45(39)46-38-12-4-2-10-32(38)18-28-40(46)47/h1-30H/q+2. The van der Waals surface area contributed by atoms with Gasteiger partial charge in [0.15, 0.2) is 22.1 Å². The number of aromatic nitrogens is 4. The van der Waals surface area contributed by atoms with Gasteiger partial charge >= 0.3 is 18.0 Å². The summed E-state index contributed by atoms with van der Waals surface area (Å²) in [5.74, 6) is 0. The van der Waals surface area contributed by atoms with Crippen molar-refractivity contribution in [2.24, 2.45) is 0 Å². The highest BCUT2D eigenvalue weighted by Crippen LogP contribution is 2.52. The van der Waals surface area contributed by atoms with Gasteiger partial charge in [0.2, 0.25) is 0 Å². The molecule has 0 fully saturated rings. The minimum absolute atomic E-state index is 0.538. The molecular formula is C49H30F6N4+2. The predicted molar refractivity (Wildman–Crippen MR) is 215 cm³/mol. The molecule has 0 bridgehead atoms. The van der Waals surface area contributed by atoms with Crippen LogP contribution in [0.15, 0.2) is 183 Å². The predicted octanol–water partition coefficient (Wildman–Crippen LogP) is 11.8. The lowest BCUT2D eigenvalue weighted by atomic mass is 9.93. The van der Waals surface area contributed by atoms with Crippen molar-refractivity contribution in [3.05, 3.63) is 205 Å². The van der Waals surface area contributed by atoms with Crippen molar-refractivity contribution < 1.29 is 35.5 Å². The van der Waals surface area contributed by atoms with E-state index in [1.807, 2.05) is 94.6 Å². The van der Waals surface area contributed by atoms with Gasteiger partial charge in [-0.3, -0.25) is 0 Å². The fourth-order valence-electron chi connectivity index (χ4n) is 9.22. The number of benzene rings is 8. The molecule has 2 heterocycles. The lowest BCUT2D eigenvalue weighted by molar-refractivity contribution is -0.950. The van der Waals surface area contributed by atoms with E-state index in [1.54, 1.807) is 0 Å². The monoisotopic (exact) mass is 788 g/mol. The third-order valence-electron chi connectivity index (χ3n) is 11.8. The van der Waals surface area contributed by atoms with Gasteiger partial charge in [-0.2, -0.15) is 44.6 Å². The first-order valence-corrected chi connectivity index (χ1v) is 19.0. The highest BCUT2D eigenvalue weighted by molar-refractivity contribution is 6.10. The van der Waals surface area contributed by atoms with Crippen molar-refractivity contribution in [2.75, 3.05) is 0 Å². The number of hydrogen-bond acceptors (Lipinski definition) is 0. The quantitative estimate of drug-likeness (QED) is 0.125. The van der Waals surface area contributed by atoms with Crippen LogP contribution in [-0.4, -0.2) is 9.13 Å². The molecule has 0 spiro atoms. The fourth-order valence-corrected chi connectivity index (χ4v) is 9.22. The van der Waals surface area contributed by atoms with Gasteiger partial charge in [0, 0.05) is 11.1 Å². The van der Waals surface area contributed by atoms with Crippen molar-refractivity contribution in [3.8, 4) is 22.5 Å². The molecule has 4 nitrogen and oxygen atoms in total. The van der Waals surface area contributed by atoms with Crippen molar-refractivity contribution >= 4 is 43.6 Å². The van der Waals surface area contributed by atoms with E-state index in [-0.39, 0.29) is 0 Å². The molecule has 1 aliphatic carbocycles. The summed E-state index contributed by atoms with van der Waals surface area (Å²) in [5.41, 5.74) is 5.46. The number of nitrogens with zero attached hydrogens (tertiary/aromatic N) is 4. The zero-order valence-electron chi connectivity index (χ0n) is 30.9. The summed E-state index contributed by atoms with van der Waals surface area (Å²) in [6.45, 7) is 0. The molecule has 0 N–H and O–H groups in total. The number of imidazole rings is 2. The summed E-state index contributed by atoms with van der Waals surface area (Å²) in [5, 5.41) is 4.19. The zero-order valence-corrected chi connectivity index (χ0v) is 30.9. The largest absolute Gasteiger partial charge is 0.416 e. The third-order valence-corrected chi connectivity index (χ3v) is 11.8. The summed E-state index contributed by atoms with van der Waals surface area (Å²) < 4.78 is 90.9. The van der Waals surface area contributed by atoms with Gasteiger partial charge in [0.1, 0.15) is 11.4 Å². The van der Waals surface area contributed by atoms with Crippen LogP contribution in [0.2, 0.25) is 0 Å². The average molecular weight is 789 g/mol. The van der Waals surface area contributed by atoms with Gasteiger partial charge in [-0.25, -0.2) is 0 Å². The van der Waals surface area contributed by atoms with Crippen molar-refractivity contribution in [1.82, 2.24) is 9.13 Å². The van der Waals surface area contributed by atoms with Gasteiger partial charge in [-0.05, 0) is 106 Å². The smallest absolute Gasteiger partial charge is 0.195 e. The van der Waals surface area contributed by atoms with E-state index in [2.05, 4.69) is 57.7 Å². The number of fused-ring (bicyclic) bond motifs is 9. The molecule has 0 saturated heterocycles. The number of halogens is 6. The van der Waals surface area contributed by atoms with Gasteiger partial charge in [-0.1, -0.05) is 84.9 Å². The second-order valence-corrected chi connectivity index (χ2v) is 14.9. The topological polar surface area (TPSA) is 17.6 Å². The Kier molecular flexibility index (Phi) is 7.36. The van der Waals surface area contributed by atoms with Gasteiger partial charge in [0.25, 0.3) is 12.7 Å². The molecular weight excluding hydrogens is 759 g/mol. The Morgan fingerprint density at radius 1 is 0.390 bits per heavy atom. The molecule has 8 aromatic carbocycles. The van der Waals surface area contributed by atoms with Crippen molar-refractivity contribution in [3.63, 3.8) is 0 Å². The van der Waals surface area contributed by atoms with E-state index in [4.69, 9.17) is 0 Å². The van der Waals surface area contributed by atoms with Crippen molar-refractivity contribution in [1.29, 1.82) is 0 Å². The van der Waals surface area contributed by atoms with Gasteiger partial charge in [0.05, 0.1) is 22.3 Å². The maximum atomic E-state index is 13.8. The van der Waals surface area contributed by atoms with Gasteiger partial charge < -0.3 is 0 Å². The highest BCUT2D eigenvalue weighted by Gasteiger charge is 2.58. The molecule has 1 aliphatic rings. The summed E-state index contributed by atoms with van der Waals surface area (Å²) in [7, 11) is 0. The van der Waals surface area contributed by atoms with Crippen LogP contribution < -0.4 is 9.13 Å². The van der Waals surface area contributed by atoms with Crippen LogP contribution in [0, 0.1) is 0 Å². The SMILES string of the molecule is FC(F)(F)c1ccc(-n2c[n+](C3([n+]4cn(-c5ccc(C(F)(F)F)cc5)c5ccccc54)c4ccc5ccccc5c4-c4c3ccc3ccccc43)c3ccccc32)cc1. The average Bonchev–Trinajstić information content (AvgIpc) is 3.92. The van der Waals surface area contributed by atoms with E-state index in [1.165, 1.54) is 24.3 Å². The molecule has 59 heavy (non-hydrogen) atoms. The summed E-state index contributed by atoms with van der Waals surface area (Å²) in [4.78, 5) is 0. The van der Waals surface area contributed by atoms with E-state index in [0.717, 1.165) is 90.1 Å². The zero-order chi connectivity index (χ0) is 40.3. The van der Waals surface area contributed by atoms with E-state index >= 15 is 0 Å². The van der Waals surface area contributed by atoms with Crippen LogP contribution in [0.1, 0.15) is 22.3 Å². The Labute approximate surface area is 332 Å². The Bertz CT molecular complexity index is 3080. The van der Waals surface area contributed by atoms with Crippen LogP contribution in [0.3, 0.4) is 0 Å². The lowest BCUT2D eigenvalue weighted by Gasteiger charge is -2.26. The van der Waals surface area contributed by atoms with E-state index in [9.17, 15) is 26.3 Å². The fraction of sp³-hybridized carbons (Fsp3) is 0.0612. The molecule has 10 heteroatoms. The molecule has 0 aliphatic heterocycles. The summed E-state index contributed by atoms with van der Waals surface area (Å²) in [6, 6.07) is 50.9. The normalized spacial score (nSPS) is 13.7. The molecule has 10 aromatic rings. The maximum Gasteiger partial charge on any atom is 0.416 e. The summed E-state index contributed by atoms with van der Waals surface area (Å²) >= 11 is 0. The first kappa shape index (κ1) is 35.0. The van der Waals surface area contributed by atoms with Crippen molar-refractivity contribution in [2.45, 2.75) is 18.0 Å². The molecule has 0 saturated carbocycles. The van der Waals surface area contributed by atoms with Crippen LogP contribution in [0.25, 0.3) is 66.1 Å². The first-order valence-electron chi connectivity index (χ1n) is 19.0. The molecule has 0 atom stereocenters. The van der Waals surface area contributed by atoms with Crippen LogP contribution in [0.4, 0.5) is 26.3 Å². The summed E-state index contributed by atoms with van der Waals surface area (Å²) in [6.07, 6.45) is -5.09. The molecule has 11 rings (SSSR count). The minimum Gasteiger partial charge on any atom is -0.195 e. The number of rotatable bonds is 4. The van der Waals surface area contributed by atoms with E-state index < -0.39 is 29.1 Å². The first-order chi connectivity index (χ1) is 28.5. The Balaban J connectivity index is 1.31. The minimum atomic E-state index is -4.50. The third kappa shape index (κ3) is 5.05. The molecule has 0 amide bonds. The molecule has 0 radical (unpaired) electrons. The van der Waals surface area contributed by atoms with Gasteiger partial charge in [-0.15, -0.1) is 0 Å².